The zero-order valence-electron chi connectivity index (χ0n) is 15.4. The molecular weight excluding hydrogens is 443 g/mol. The third kappa shape index (κ3) is 3.84. The van der Waals surface area contributed by atoms with Gasteiger partial charge in [-0.25, -0.2) is 29.2 Å². The molecule has 0 saturated carbocycles. The van der Waals surface area contributed by atoms with Crippen LogP contribution in [0.5, 0.6) is 0 Å². The minimum absolute atomic E-state index is 0.124. The van der Waals surface area contributed by atoms with Gasteiger partial charge in [-0.3, -0.25) is 4.18 Å². The number of imidazole rings is 1. The van der Waals surface area contributed by atoms with Gasteiger partial charge >= 0.3 is 10.3 Å². The standard InChI is InChI=1S/C14H17FN8O5S2/c1-22-5-18-2-7(22)29-13-8-11(16)19-4-20-12(8)23(21-13)14-9(15)10(24)6(28-14)3-27-30(17,25)26/h2,4-6,9-10,14,24H,3H2,1H3,(H2,16,19,20)(H2,17,25,26)/t6-,9+,10-,14-/m1/s1. The fraction of sp³-hybridized carbons (Fsp3) is 0.429. The van der Waals surface area contributed by atoms with Crippen LogP contribution in [0, 0.1) is 0 Å². The van der Waals surface area contributed by atoms with Crippen molar-refractivity contribution in [2.75, 3.05) is 12.3 Å². The highest BCUT2D eigenvalue weighted by Gasteiger charge is 2.47. The summed E-state index contributed by atoms with van der Waals surface area (Å²) in [5, 5.41) is 20.8. The molecule has 3 aromatic heterocycles. The molecule has 4 rings (SSSR count). The first-order valence-corrected chi connectivity index (χ1v) is 10.7. The number of aliphatic hydroxyl groups is 1. The average molecular weight is 460 g/mol. The number of aryl methyl sites for hydroxylation is 1. The number of rotatable bonds is 6. The molecule has 4 atom stereocenters. The molecule has 0 amide bonds. The van der Waals surface area contributed by atoms with Crippen molar-refractivity contribution < 1.29 is 26.8 Å². The number of ether oxygens (including phenoxy) is 1. The number of aliphatic hydroxyl groups excluding tert-OH is 1. The summed E-state index contributed by atoms with van der Waals surface area (Å²) in [6, 6.07) is 0. The number of fused-ring (bicyclic) bond motifs is 1. The molecule has 0 spiro atoms. The molecule has 0 radical (unpaired) electrons. The zero-order valence-corrected chi connectivity index (χ0v) is 17.0. The summed E-state index contributed by atoms with van der Waals surface area (Å²) in [5.41, 5.74) is 6.18. The van der Waals surface area contributed by atoms with Crippen LogP contribution >= 0.6 is 11.8 Å². The van der Waals surface area contributed by atoms with E-state index in [1.165, 1.54) is 18.1 Å². The van der Waals surface area contributed by atoms with Crippen LogP contribution in [0.3, 0.4) is 0 Å². The van der Waals surface area contributed by atoms with Crippen molar-refractivity contribution in [2.45, 2.75) is 34.7 Å². The Morgan fingerprint density at radius 1 is 1.43 bits per heavy atom. The van der Waals surface area contributed by atoms with Gasteiger partial charge in [0, 0.05) is 7.05 Å². The summed E-state index contributed by atoms with van der Waals surface area (Å²) in [5.74, 6) is 0.124. The molecule has 162 valence electrons. The van der Waals surface area contributed by atoms with Crippen LogP contribution in [-0.4, -0.2) is 67.8 Å². The van der Waals surface area contributed by atoms with Crippen molar-refractivity contribution in [1.29, 1.82) is 0 Å². The van der Waals surface area contributed by atoms with Crippen LogP contribution < -0.4 is 10.9 Å². The number of anilines is 1. The normalized spacial score (nSPS) is 24.7. The van der Waals surface area contributed by atoms with Gasteiger partial charge in [-0.1, -0.05) is 0 Å². The summed E-state index contributed by atoms with van der Waals surface area (Å²) < 4.78 is 49.6. The second-order valence-electron chi connectivity index (χ2n) is 6.43. The first kappa shape index (κ1) is 20.9. The predicted octanol–water partition coefficient (Wildman–Crippen LogP) is -0.890. The molecule has 16 heteroatoms. The number of halogens is 1. The maximum absolute atomic E-state index is 14.8. The number of nitrogen functional groups attached to an aromatic ring is 1. The monoisotopic (exact) mass is 460 g/mol. The molecule has 0 aromatic carbocycles. The molecule has 1 fully saturated rings. The Hall–Kier alpha value is -2.37. The summed E-state index contributed by atoms with van der Waals surface area (Å²) in [6.45, 7) is -0.663. The van der Waals surface area contributed by atoms with E-state index in [4.69, 9.17) is 15.6 Å². The van der Waals surface area contributed by atoms with Crippen molar-refractivity contribution in [1.82, 2.24) is 29.3 Å². The number of alkyl halides is 1. The largest absolute Gasteiger partial charge is 0.387 e. The highest BCUT2D eigenvalue weighted by molar-refractivity contribution is 7.99. The van der Waals surface area contributed by atoms with Crippen molar-refractivity contribution >= 4 is 38.9 Å². The molecule has 0 bridgehead atoms. The molecule has 5 N–H and O–H groups in total. The van der Waals surface area contributed by atoms with E-state index < -0.39 is 41.5 Å². The van der Waals surface area contributed by atoms with E-state index in [-0.39, 0.29) is 11.5 Å². The summed E-state index contributed by atoms with van der Waals surface area (Å²) in [4.78, 5) is 12.1. The summed E-state index contributed by atoms with van der Waals surface area (Å²) >= 11 is 1.21. The number of nitrogens with two attached hydrogens (primary N) is 2. The second-order valence-corrected chi connectivity index (χ2v) is 8.66. The number of hydrogen-bond acceptors (Lipinski definition) is 11. The Morgan fingerprint density at radius 3 is 2.87 bits per heavy atom. The highest BCUT2D eigenvalue weighted by atomic mass is 32.2. The molecule has 1 aliphatic heterocycles. The van der Waals surface area contributed by atoms with E-state index >= 15 is 0 Å². The quantitative estimate of drug-likeness (QED) is 0.414. The summed E-state index contributed by atoms with van der Waals surface area (Å²) in [7, 11) is -2.50. The van der Waals surface area contributed by atoms with E-state index in [0.29, 0.717) is 10.4 Å². The lowest BCUT2D eigenvalue weighted by atomic mass is 10.1. The molecular formula is C14H17FN8O5S2. The topological polar surface area (TPSA) is 186 Å². The van der Waals surface area contributed by atoms with Gasteiger partial charge in [0.25, 0.3) is 0 Å². The van der Waals surface area contributed by atoms with E-state index in [1.807, 2.05) is 0 Å². The Labute approximate surface area is 173 Å². The number of nitrogens with zero attached hydrogens (tertiary/aromatic N) is 6. The lowest BCUT2D eigenvalue weighted by Crippen LogP contribution is -2.33. The first-order valence-electron chi connectivity index (χ1n) is 8.43. The molecule has 0 aliphatic carbocycles. The van der Waals surface area contributed by atoms with Gasteiger partial charge in [0.15, 0.2) is 18.0 Å². The van der Waals surface area contributed by atoms with E-state index in [9.17, 15) is 17.9 Å². The van der Waals surface area contributed by atoms with Gasteiger partial charge in [0.1, 0.15) is 34.4 Å². The minimum atomic E-state index is -4.29. The van der Waals surface area contributed by atoms with Gasteiger partial charge < -0.3 is 20.1 Å². The Balaban J connectivity index is 1.70. The predicted molar refractivity (Wildman–Crippen MR) is 101 cm³/mol. The maximum atomic E-state index is 14.8. The van der Waals surface area contributed by atoms with Crippen LogP contribution in [-0.2, 0) is 26.3 Å². The fourth-order valence-corrected chi connectivity index (χ4v) is 4.21. The van der Waals surface area contributed by atoms with Crippen molar-refractivity contribution in [2.24, 2.45) is 12.2 Å². The van der Waals surface area contributed by atoms with E-state index in [2.05, 4.69) is 24.2 Å². The SMILES string of the molecule is Cn1cncc1Sc1nn([C@@H]2O[C@H](COS(N)(=O)=O)[C@@H](O)[C@@H]2F)c2ncnc(N)c12. The van der Waals surface area contributed by atoms with E-state index in [1.54, 1.807) is 24.1 Å². The average Bonchev–Trinajstić information content (AvgIpc) is 3.32. The molecule has 3 aromatic rings. The molecule has 1 saturated heterocycles. The van der Waals surface area contributed by atoms with Gasteiger partial charge in [-0.15, -0.1) is 0 Å². The number of aromatic nitrogens is 6. The summed E-state index contributed by atoms with van der Waals surface area (Å²) in [6.07, 6.45) is -1.93. The molecule has 1 aliphatic rings. The van der Waals surface area contributed by atoms with Gasteiger partial charge in [-0.2, -0.15) is 13.5 Å². The van der Waals surface area contributed by atoms with Gasteiger partial charge in [0.2, 0.25) is 0 Å². The lowest BCUT2D eigenvalue weighted by Gasteiger charge is -2.14. The molecule has 0 unspecified atom stereocenters. The van der Waals surface area contributed by atoms with Crippen LogP contribution in [0.1, 0.15) is 6.23 Å². The highest BCUT2D eigenvalue weighted by Crippen LogP contribution is 2.39. The van der Waals surface area contributed by atoms with E-state index in [0.717, 1.165) is 9.71 Å². The minimum Gasteiger partial charge on any atom is -0.387 e. The fourth-order valence-electron chi connectivity index (χ4n) is 2.96. The Kier molecular flexibility index (Phi) is 5.37. The number of hydrogen-bond donors (Lipinski definition) is 3. The van der Waals surface area contributed by atoms with Gasteiger partial charge in [-0.05, 0) is 11.8 Å². The second kappa shape index (κ2) is 7.71. The van der Waals surface area contributed by atoms with Crippen molar-refractivity contribution in [3.05, 3.63) is 18.9 Å². The molecule has 13 nitrogen and oxygen atoms in total. The zero-order chi connectivity index (χ0) is 21.6. The van der Waals surface area contributed by atoms with Crippen molar-refractivity contribution in [3.63, 3.8) is 0 Å². The Morgan fingerprint density at radius 2 is 2.20 bits per heavy atom. The third-order valence-electron chi connectivity index (χ3n) is 4.39. The van der Waals surface area contributed by atoms with Crippen LogP contribution in [0.4, 0.5) is 10.2 Å². The van der Waals surface area contributed by atoms with Gasteiger partial charge in [0.05, 0.1) is 24.5 Å². The van der Waals surface area contributed by atoms with Crippen LogP contribution in [0.25, 0.3) is 11.0 Å². The van der Waals surface area contributed by atoms with Crippen LogP contribution in [0.2, 0.25) is 0 Å². The maximum Gasteiger partial charge on any atom is 0.333 e. The van der Waals surface area contributed by atoms with Crippen LogP contribution in [0.15, 0.2) is 28.9 Å². The molecule has 4 heterocycles. The smallest absolute Gasteiger partial charge is 0.333 e. The Bertz CT molecular complexity index is 1180. The molecule has 30 heavy (non-hydrogen) atoms. The van der Waals surface area contributed by atoms with Crippen molar-refractivity contribution in [3.8, 4) is 0 Å². The lowest BCUT2D eigenvalue weighted by molar-refractivity contribution is -0.0456. The first-order chi connectivity index (χ1) is 14.2. The third-order valence-corrected chi connectivity index (χ3v) is 5.94.